The maximum atomic E-state index is 13.0. The summed E-state index contributed by atoms with van der Waals surface area (Å²) in [5.74, 6) is 0.735. The monoisotopic (exact) mass is 299 g/mol. The van der Waals surface area contributed by atoms with Gasteiger partial charge in [0.1, 0.15) is 5.82 Å². The Morgan fingerprint density at radius 2 is 1.81 bits per heavy atom. The second-order valence-electron chi connectivity index (χ2n) is 5.00. The molecule has 0 aliphatic rings. The van der Waals surface area contributed by atoms with Crippen molar-refractivity contribution in [1.29, 1.82) is 0 Å². The Kier molecular flexibility index (Phi) is 3.75. The molecule has 0 saturated carbocycles. The molecule has 0 amide bonds. The molecule has 0 aliphatic heterocycles. The summed E-state index contributed by atoms with van der Waals surface area (Å²) < 4.78 is 13.0. The number of nitrogens with zero attached hydrogens (tertiary/aromatic N) is 3. The summed E-state index contributed by atoms with van der Waals surface area (Å²) in [7, 11) is 0. The second-order valence-corrected chi connectivity index (χ2v) is 5.86. The molecule has 3 nitrogen and oxygen atoms in total. The number of thiazole rings is 1. The minimum Gasteiger partial charge on any atom is -0.237 e. The van der Waals surface area contributed by atoms with Gasteiger partial charge in [-0.15, -0.1) is 11.3 Å². The van der Waals surface area contributed by atoms with Crippen LogP contribution in [-0.2, 0) is 0 Å². The van der Waals surface area contributed by atoms with E-state index in [1.54, 1.807) is 29.7 Å². The molecule has 2 heterocycles. The van der Waals surface area contributed by atoms with Crippen LogP contribution in [0.15, 0.2) is 41.9 Å². The van der Waals surface area contributed by atoms with Crippen molar-refractivity contribution in [2.45, 2.75) is 19.8 Å². The number of benzene rings is 1. The molecule has 0 N–H and O–H groups in total. The van der Waals surface area contributed by atoms with Crippen molar-refractivity contribution in [3.05, 3.63) is 53.4 Å². The van der Waals surface area contributed by atoms with Crippen molar-refractivity contribution in [3.63, 3.8) is 0 Å². The molecule has 3 rings (SSSR count). The third-order valence-corrected chi connectivity index (χ3v) is 3.96. The fourth-order valence-corrected chi connectivity index (χ4v) is 2.82. The van der Waals surface area contributed by atoms with Crippen molar-refractivity contribution in [3.8, 4) is 22.1 Å². The van der Waals surface area contributed by atoms with E-state index in [4.69, 9.17) is 0 Å². The van der Waals surface area contributed by atoms with Gasteiger partial charge in [0, 0.05) is 17.1 Å². The second kappa shape index (κ2) is 5.69. The third kappa shape index (κ3) is 2.97. The minimum absolute atomic E-state index is 0.255. The maximum absolute atomic E-state index is 13.0. The van der Waals surface area contributed by atoms with Gasteiger partial charge in [0.2, 0.25) is 0 Å². The summed E-state index contributed by atoms with van der Waals surface area (Å²) in [5.41, 5.74) is 2.67. The highest BCUT2D eigenvalue weighted by atomic mass is 32.1. The summed E-state index contributed by atoms with van der Waals surface area (Å²) >= 11 is 1.54. The molecule has 0 fully saturated rings. The Hall–Kier alpha value is -2.14. The van der Waals surface area contributed by atoms with Crippen LogP contribution in [0, 0.1) is 5.82 Å². The van der Waals surface area contributed by atoms with Crippen LogP contribution in [0.3, 0.4) is 0 Å². The molecule has 0 saturated heterocycles. The Morgan fingerprint density at radius 3 is 2.48 bits per heavy atom. The lowest BCUT2D eigenvalue weighted by Gasteiger charge is -2.02. The average Bonchev–Trinajstić information content (AvgIpc) is 2.98. The average molecular weight is 299 g/mol. The minimum atomic E-state index is -0.255. The highest BCUT2D eigenvalue weighted by Gasteiger charge is 2.11. The van der Waals surface area contributed by atoms with Crippen LogP contribution in [0.4, 0.5) is 4.39 Å². The van der Waals surface area contributed by atoms with E-state index in [0.717, 1.165) is 22.0 Å². The van der Waals surface area contributed by atoms with Crippen LogP contribution in [0.1, 0.15) is 25.5 Å². The lowest BCUT2D eigenvalue weighted by Crippen LogP contribution is -1.92. The highest BCUT2D eigenvalue weighted by Crippen LogP contribution is 2.26. The molecular weight excluding hydrogens is 285 g/mol. The van der Waals surface area contributed by atoms with Crippen molar-refractivity contribution in [1.82, 2.24) is 15.0 Å². The highest BCUT2D eigenvalue weighted by molar-refractivity contribution is 7.13. The van der Waals surface area contributed by atoms with Gasteiger partial charge in [-0.05, 0) is 36.2 Å². The molecule has 0 unspecified atom stereocenters. The molecule has 0 radical (unpaired) electrons. The SMILES string of the molecule is CC(C)c1csc(-c2nccc(-c3ccc(F)cc3)n2)n1. The molecule has 5 heteroatoms. The van der Waals surface area contributed by atoms with Gasteiger partial charge in [-0.2, -0.15) is 0 Å². The zero-order valence-electron chi connectivity index (χ0n) is 11.7. The van der Waals surface area contributed by atoms with E-state index in [0.29, 0.717) is 11.7 Å². The molecule has 0 aliphatic carbocycles. The maximum Gasteiger partial charge on any atom is 0.189 e. The lowest BCUT2D eigenvalue weighted by atomic mass is 10.1. The predicted octanol–water partition coefficient (Wildman–Crippen LogP) is 4.53. The Bertz CT molecular complexity index is 750. The van der Waals surface area contributed by atoms with E-state index < -0.39 is 0 Å². The summed E-state index contributed by atoms with van der Waals surface area (Å²) in [4.78, 5) is 13.4. The zero-order valence-corrected chi connectivity index (χ0v) is 12.6. The normalized spacial score (nSPS) is 11.0. The van der Waals surface area contributed by atoms with Crippen LogP contribution < -0.4 is 0 Å². The Balaban J connectivity index is 1.97. The molecule has 1 aromatic carbocycles. The molecule has 3 aromatic rings. The van der Waals surface area contributed by atoms with E-state index in [-0.39, 0.29) is 5.82 Å². The first kappa shape index (κ1) is 13.8. The first-order valence-corrected chi connectivity index (χ1v) is 7.56. The molecule has 0 bridgehead atoms. The van der Waals surface area contributed by atoms with Crippen molar-refractivity contribution in [2.24, 2.45) is 0 Å². The number of hydrogen-bond acceptors (Lipinski definition) is 4. The van der Waals surface area contributed by atoms with Gasteiger partial charge in [-0.1, -0.05) is 13.8 Å². The van der Waals surface area contributed by atoms with Crippen molar-refractivity contribution < 1.29 is 4.39 Å². The van der Waals surface area contributed by atoms with Gasteiger partial charge in [-0.25, -0.2) is 19.3 Å². The topological polar surface area (TPSA) is 38.7 Å². The van der Waals surface area contributed by atoms with Crippen molar-refractivity contribution >= 4 is 11.3 Å². The number of halogens is 1. The third-order valence-electron chi connectivity index (χ3n) is 3.10. The number of aromatic nitrogens is 3. The molecule has 21 heavy (non-hydrogen) atoms. The van der Waals surface area contributed by atoms with E-state index in [1.165, 1.54) is 12.1 Å². The van der Waals surface area contributed by atoms with Crippen molar-refractivity contribution in [2.75, 3.05) is 0 Å². The van der Waals surface area contributed by atoms with Gasteiger partial charge >= 0.3 is 0 Å². The van der Waals surface area contributed by atoms with Crippen LogP contribution >= 0.6 is 11.3 Å². The summed E-state index contributed by atoms with van der Waals surface area (Å²) in [6.07, 6.45) is 1.71. The number of rotatable bonds is 3. The fraction of sp³-hybridized carbons (Fsp3) is 0.188. The summed E-state index contributed by atoms with van der Waals surface area (Å²) in [6.45, 7) is 4.21. The standard InChI is InChI=1S/C16H14FN3S/c1-10(2)14-9-21-16(20-14)15-18-8-7-13(19-15)11-3-5-12(17)6-4-11/h3-10H,1-2H3. The van der Waals surface area contributed by atoms with Gasteiger partial charge in [0.25, 0.3) is 0 Å². The van der Waals surface area contributed by atoms with Gasteiger partial charge in [0.15, 0.2) is 10.8 Å². The van der Waals surface area contributed by atoms with Crippen LogP contribution in [0.2, 0.25) is 0 Å². The summed E-state index contributed by atoms with van der Waals surface area (Å²) in [6, 6.07) is 8.09. The number of hydrogen-bond donors (Lipinski definition) is 0. The van der Waals surface area contributed by atoms with Crippen LogP contribution in [0.25, 0.3) is 22.1 Å². The molecule has 0 atom stereocenters. The van der Waals surface area contributed by atoms with E-state index in [9.17, 15) is 4.39 Å². The predicted molar refractivity (Wildman–Crippen MR) is 82.6 cm³/mol. The van der Waals surface area contributed by atoms with Crippen LogP contribution in [-0.4, -0.2) is 15.0 Å². The Morgan fingerprint density at radius 1 is 1.05 bits per heavy atom. The first-order valence-electron chi connectivity index (χ1n) is 6.68. The molecule has 0 spiro atoms. The molecular formula is C16H14FN3S. The van der Waals surface area contributed by atoms with Gasteiger partial charge in [0.05, 0.1) is 11.4 Å². The molecule has 106 valence electrons. The van der Waals surface area contributed by atoms with E-state index in [2.05, 4.69) is 28.8 Å². The summed E-state index contributed by atoms with van der Waals surface area (Å²) in [5, 5.41) is 2.84. The largest absolute Gasteiger partial charge is 0.237 e. The Labute approximate surface area is 126 Å². The fourth-order valence-electron chi connectivity index (χ4n) is 1.90. The first-order chi connectivity index (χ1) is 10.1. The van der Waals surface area contributed by atoms with Gasteiger partial charge in [-0.3, -0.25) is 0 Å². The van der Waals surface area contributed by atoms with E-state index >= 15 is 0 Å². The molecule has 2 aromatic heterocycles. The quantitative estimate of drug-likeness (QED) is 0.713. The van der Waals surface area contributed by atoms with E-state index in [1.807, 2.05) is 11.4 Å². The lowest BCUT2D eigenvalue weighted by molar-refractivity contribution is 0.628. The van der Waals surface area contributed by atoms with Crippen LogP contribution in [0.5, 0.6) is 0 Å². The zero-order chi connectivity index (χ0) is 14.8. The van der Waals surface area contributed by atoms with Gasteiger partial charge < -0.3 is 0 Å². The smallest absolute Gasteiger partial charge is 0.189 e.